The summed E-state index contributed by atoms with van der Waals surface area (Å²) in [6.07, 6.45) is 8.46. The lowest BCUT2D eigenvalue weighted by molar-refractivity contribution is -0.144. The van der Waals surface area contributed by atoms with Crippen LogP contribution >= 0.6 is 0 Å². The summed E-state index contributed by atoms with van der Waals surface area (Å²) in [7, 11) is 0. The van der Waals surface area contributed by atoms with Crippen molar-refractivity contribution in [1.82, 2.24) is 4.90 Å². The van der Waals surface area contributed by atoms with E-state index >= 15 is 0 Å². The van der Waals surface area contributed by atoms with Crippen LogP contribution in [0.5, 0.6) is 5.75 Å². The van der Waals surface area contributed by atoms with E-state index in [0.717, 1.165) is 11.4 Å². The van der Waals surface area contributed by atoms with Crippen molar-refractivity contribution in [3.05, 3.63) is 36.4 Å². The molecule has 1 aromatic carbocycles. The fraction of sp³-hybridized carbons (Fsp3) is 0.577. The van der Waals surface area contributed by atoms with Gasteiger partial charge in [0.15, 0.2) is 0 Å². The largest absolute Gasteiger partial charge is 0.494 e. The highest BCUT2D eigenvalue weighted by Gasteiger charge is 2.67. The summed E-state index contributed by atoms with van der Waals surface area (Å²) in [6, 6.07) is 7.36. The van der Waals surface area contributed by atoms with E-state index in [4.69, 9.17) is 4.74 Å². The van der Waals surface area contributed by atoms with Gasteiger partial charge in [-0.05, 0) is 87.0 Å². The van der Waals surface area contributed by atoms with Gasteiger partial charge in [-0.3, -0.25) is 19.3 Å². The number of hydrogen-bond acceptors (Lipinski definition) is 4. The number of nitrogens with one attached hydrogen (secondary N) is 1. The standard InChI is InChI=1S/C26H30N2O4/c1-2-32-17-9-5-15(6-10-17)27-24(29)14-3-7-16(8-4-14)28-25(30)22-18-11-12-19(21-13-20(18)21)23(22)26(28)31/h5-6,9-12,14,16,18-23H,2-4,7-8,13H2,1H3,(H,27,29). The van der Waals surface area contributed by atoms with Gasteiger partial charge in [0, 0.05) is 17.6 Å². The van der Waals surface area contributed by atoms with Crippen molar-refractivity contribution in [3.63, 3.8) is 0 Å². The highest BCUT2D eigenvalue weighted by Crippen LogP contribution is 2.65. The number of nitrogens with zero attached hydrogens (tertiary/aromatic N) is 1. The lowest BCUT2D eigenvalue weighted by Gasteiger charge is -2.37. The van der Waals surface area contributed by atoms with E-state index in [2.05, 4.69) is 17.5 Å². The Kier molecular flexibility index (Phi) is 4.67. The molecule has 1 aliphatic heterocycles. The summed E-state index contributed by atoms with van der Waals surface area (Å²) in [5, 5.41) is 3.00. The van der Waals surface area contributed by atoms with Crippen LogP contribution in [0.1, 0.15) is 39.0 Å². The van der Waals surface area contributed by atoms with Crippen LogP contribution in [0.4, 0.5) is 5.69 Å². The van der Waals surface area contributed by atoms with Crippen LogP contribution in [0.3, 0.4) is 0 Å². The van der Waals surface area contributed by atoms with E-state index in [-0.39, 0.29) is 53.4 Å². The third-order valence-electron chi connectivity index (χ3n) is 8.56. The highest BCUT2D eigenvalue weighted by molar-refractivity contribution is 6.06. The number of hydrogen-bond donors (Lipinski definition) is 1. The Labute approximate surface area is 188 Å². The smallest absolute Gasteiger partial charge is 0.233 e. The average Bonchev–Trinajstić information content (AvgIpc) is 3.59. The van der Waals surface area contributed by atoms with E-state index in [9.17, 15) is 14.4 Å². The molecular formula is C26H30N2O4. The van der Waals surface area contributed by atoms with Crippen molar-refractivity contribution in [2.45, 2.75) is 45.1 Å². The Morgan fingerprint density at radius 1 is 0.969 bits per heavy atom. The molecule has 6 nitrogen and oxygen atoms in total. The van der Waals surface area contributed by atoms with Gasteiger partial charge in [0.2, 0.25) is 17.7 Å². The number of amides is 3. The Hall–Kier alpha value is -2.63. The van der Waals surface area contributed by atoms with E-state index in [0.29, 0.717) is 44.1 Å². The normalized spacial score (nSPS) is 39.0. The van der Waals surface area contributed by atoms with Gasteiger partial charge in [0.05, 0.1) is 18.4 Å². The molecule has 1 heterocycles. The van der Waals surface area contributed by atoms with E-state index in [1.165, 1.54) is 6.42 Å². The summed E-state index contributed by atoms with van der Waals surface area (Å²) in [5.41, 5.74) is 0.760. The van der Waals surface area contributed by atoms with Crippen molar-refractivity contribution >= 4 is 23.4 Å². The van der Waals surface area contributed by atoms with Gasteiger partial charge in [0.25, 0.3) is 0 Å². The molecule has 2 bridgehead atoms. The first kappa shape index (κ1) is 20.0. The van der Waals surface area contributed by atoms with Crippen molar-refractivity contribution < 1.29 is 19.1 Å². The maximum absolute atomic E-state index is 13.3. The zero-order valence-electron chi connectivity index (χ0n) is 18.4. The average molecular weight is 435 g/mol. The van der Waals surface area contributed by atoms with Crippen LogP contribution in [-0.2, 0) is 14.4 Å². The van der Waals surface area contributed by atoms with Gasteiger partial charge in [-0.2, -0.15) is 0 Å². The van der Waals surface area contributed by atoms with Crippen LogP contribution in [0, 0.1) is 41.4 Å². The third-order valence-corrected chi connectivity index (χ3v) is 8.56. The molecule has 168 valence electrons. The first-order valence-corrected chi connectivity index (χ1v) is 12.2. The fourth-order valence-electron chi connectivity index (χ4n) is 6.98. The maximum Gasteiger partial charge on any atom is 0.233 e. The van der Waals surface area contributed by atoms with E-state index in [1.807, 2.05) is 31.2 Å². The molecule has 4 fully saturated rings. The Bertz CT molecular complexity index is 942. The lowest BCUT2D eigenvalue weighted by atomic mass is 9.63. The molecule has 6 atom stereocenters. The van der Waals surface area contributed by atoms with Gasteiger partial charge in [-0.15, -0.1) is 0 Å². The molecule has 3 saturated carbocycles. The lowest BCUT2D eigenvalue weighted by Crippen LogP contribution is -2.44. The number of imide groups is 1. The Balaban J connectivity index is 1.07. The van der Waals surface area contributed by atoms with Gasteiger partial charge in [-0.1, -0.05) is 12.2 Å². The van der Waals surface area contributed by atoms with Crippen molar-refractivity contribution in [3.8, 4) is 5.75 Å². The first-order chi connectivity index (χ1) is 15.6. The number of ether oxygens (including phenoxy) is 1. The zero-order valence-corrected chi connectivity index (χ0v) is 18.4. The quantitative estimate of drug-likeness (QED) is 0.567. The van der Waals surface area contributed by atoms with Crippen molar-refractivity contribution in [2.75, 3.05) is 11.9 Å². The topological polar surface area (TPSA) is 75.7 Å². The maximum atomic E-state index is 13.3. The molecule has 5 aliphatic carbocycles. The minimum Gasteiger partial charge on any atom is -0.494 e. The minimum atomic E-state index is -0.123. The number of benzene rings is 1. The molecule has 6 heteroatoms. The molecule has 7 rings (SSSR count). The predicted octanol–water partition coefficient (Wildman–Crippen LogP) is 3.64. The third kappa shape index (κ3) is 3.02. The van der Waals surface area contributed by atoms with E-state index in [1.54, 1.807) is 4.90 Å². The summed E-state index contributed by atoms with van der Waals surface area (Å²) < 4.78 is 5.44. The summed E-state index contributed by atoms with van der Waals surface area (Å²) in [4.78, 5) is 41.0. The molecule has 0 radical (unpaired) electrons. The van der Waals surface area contributed by atoms with Crippen molar-refractivity contribution in [2.24, 2.45) is 41.4 Å². The van der Waals surface area contributed by atoms with E-state index < -0.39 is 0 Å². The van der Waals surface area contributed by atoms with Gasteiger partial charge in [0.1, 0.15) is 5.75 Å². The van der Waals surface area contributed by atoms with Crippen LogP contribution in [-0.4, -0.2) is 35.3 Å². The van der Waals surface area contributed by atoms with Crippen LogP contribution in [0.15, 0.2) is 36.4 Å². The van der Waals surface area contributed by atoms with Crippen LogP contribution < -0.4 is 10.1 Å². The second-order valence-corrected chi connectivity index (χ2v) is 10.2. The predicted molar refractivity (Wildman–Crippen MR) is 119 cm³/mol. The van der Waals surface area contributed by atoms with Crippen LogP contribution in [0.25, 0.3) is 0 Å². The Morgan fingerprint density at radius 3 is 2.12 bits per heavy atom. The molecule has 1 aromatic rings. The molecular weight excluding hydrogens is 404 g/mol. The molecule has 32 heavy (non-hydrogen) atoms. The fourth-order valence-corrected chi connectivity index (χ4v) is 6.98. The zero-order chi connectivity index (χ0) is 22.0. The summed E-state index contributed by atoms with van der Waals surface area (Å²) in [6.45, 7) is 2.55. The van der Waals surface area contributed by atoms with Gasteiger partial charge < -0.3 is 10.1 Å². The Morgan fingerprint density at radius 2 is 1.56 bits per heavy atom. The number of anilines is 1. The molecule has 0 spiro atoms. The number of carbonyl (C=O) groups is 3. The SMILES string of the molecule is CCOc1ccc(NC(=O)C2CCC(N3C(=O)C4C5C=CC(C6CC56)C4C3=O)CC2)cc1. The monoisotopic (exact) mass is 434 g/mol. The number of carbonyl (C=O) groups excluding carboxylic acids is 3. The number of allylic oxidation sites excluding steroid dienone is 2. The molecule has 1 N–H and O–H groups in total. The van der Waals surface area contributed by atoms with Gasteiger partial charge in [-0.25, -0.2) is 0 Å². The second-order valence-electron chi connectivity index (χ2n) is 10.2. The molecule has 6 unspecified atom stereocenters. The van der Waals surface area contributed by atoms with Crippen LogP contribution in [0.2, 0.25) is 0 Å². The molecule has 1 saturated heterocycles. The molecule has 6 aliphatic rings. The summed E-state index contributed by atoms with van der Waals surface area (Å²) >= 11 is 0. The first-order valence-electron chi connectivity index (χ1n) is 12.2. The highest BCUT2D eigenvalue weighted by atomic mass is 16.5. The molecule has 0 aromatic heterocycles. The number of likely N-dealkylation sites (tertiary alicyclic amines) is 1. The molecule has 3 amide bonds. The second kappa shape index (κ2) is 7.46. The summed E-state index contributed by atoms with van der Waals surface area (Å²) in [5.74, 6) is 2.40. The van der Waals surface area contributed by atoms with Gasteiger partial charge >= 0.3 is 0 Å². The van der Waals surface area contributed by atoms with Crippen molar-refractivity contribution in [1.29, 1.82) is 0 Å². The minimum absolute atomic E-state index is 0.0164. The number of rotatable bonds is 5.